The van der Waals surface area contributed by atoms with Gasteiger partial charge >= 0.3 is 0 Å². The molecule has 1 N–H and O–H groups in total. The maximum absolute atomic E-state index is 12.6. The molecule has 8 heteroatoms. The summed E-state index contributed by atoms with van der Waals surface area (Å²) in [7, 11) is 1.93. The van der Waals surface area contributed by atoms with E-state index in [1.807, 2.05) is 11.9 Å². The third-order valence-electron chi connectivity index (χ3n) is 3.86. The molecule has 2 aromatic rings. The zero-order chi connectivity index (χ0) is 15.5. The highest BCUT2D eigenvalue weighted by Crippen LogP contribution is 2.24. The lowest BCUT2D eigenvalue weighted by atomic mass is 10.1. The minimum Gasteiger partial charge on any atom is -0.338 e. The molecule has 0 bridgehead atoms. The predicted octanol–water partition coefficient (Wildman–Crippen LogP) is 0.997. The van der Waals surface area contributed by atoms with E-state index in [1.54, 1.807) is 18.2 Å². The van der Waals surface area contributed by atoms with Crippen LogP contribution in [-0.2, 0) is 0 Å². The van der Waals surface area contributed by atoms with Gasteiger partial charge in [0.25, 0.3) is 5.91 Å². The van der Waals surface area contributed by atoms with Crippen LogP contribution in [0.3, 0.4) is 0 Å². The molecule has 2 heterocycles. The fourth-order valence-corrected chi connectivity index (χ4v) is 3.00. The normalized spacial score (nSPS) is 17.9. The van der Waals surface area contributed by atoms with Crippen LogP contribution in [0.25, 0.3) is 5.69 Å². The summed E-state index contributed by atoms with van der Waals surface area (Å²) in [6, 6.07) is 5.22. The summed E-state index contributed by atoms with van der Waals surface area (Å²) in [5.74, 6) is 0.486. The molecular formula is C14H17ClN6O. The lowest BCUT2D eigenvalue weighted by Gasteiger charge is -2.17. The van der Waals surface area contributed by atoms with E-state index in [2.05, 4.69) is 20.8 Å². The van der Waals surface area contributed by atoms with Crippen molar-refractivity contribution >= 4 is 17.5 Å². The molecule has 1 amide bonds. The second kappa shape index (κ2) is 6.41. The van der Waals surface area contributed by atoms with Gasteiger partial charge in [-0.1, -0.05) is 11.6 Å². The molecule has 1 aromatic carbocycles. The van der Waals surface area contributed by atoms with Crippen molar-refractivity contribution < 1.29 is 4.79 Å². The Morgan fingerprint density at radius 3 is 3.05 bits per heavy atom. The number of amides is 1. The minimum atomic E-state index is -0.0214. The largest absolute Gasteiger partial charge is 0.338 e. The van der Waals surface area contributed by atoms with Crippen LogP contribution in [0.15, 0.2) is 24.5 Å². The van der Waals surface area contributed by atoms with Crippen LogP contribution < -0.4 is 5.32 Å². The number of nitrogens with one attached hydrogen (secondary N) is 1. The monoisotopic (exact) mass is 320 g/mol. The first-order valence-corrected chi connectivity index (χ1v) is 7.53. The van der Waals surface area contributed by atoms with Gasteiger partial charge in [-0.25, -0.2) is 4.68 Å². The molecule has 3 rings (SSSR count). The maximum Gasteiger partial charge on any atom is 0.255 e. The molecule has 1 atom stereocenters. The summed E-state index contributed by atoms with van der Waals surface area (Å²) in [5, 5.41) is 14.5. The molecule has 1 aromatic heterocycles. The van der Waals surface area contributed by atoms with Gasteiger partial charge in [0.15, 0.2) is 0 Å². The third kappa shape index (κ3) is 2.95. The first kappa shape index (κ1) is 14.9. The zero-order valence-electron chi connectivity index (χ0n) is 12.2. The van der Waals surface area contributed by atoms with Gasteiger partial charge in [0.2, 0.25) is 0 Å². The van der Waals surface area contributed by atoms with Crippen LogP contribution in [0.5, 0.6) is 0 Å². The number of hydrogen-bond acceptors (Lipinski definition) is 5. The first-order chi connectivity index (χ1) is 10.7. The van der Waals surface area contributed by atoms with Gasteiger partial charge in [-0.3, -0.25) is 4.79 Å². The van der Waals surface area contributed by atoms with Crippen molar-refractivity contribution in [3.63, 3.8) is 0 Å². The Labute approximate surface area is 133 Å². The lowest BCUT2D eigenvalue weighted by Crippen LogP contribution is -2.30. The molecule has 1 aliphatic rings. The fraction of sp³-hybridized carbons (Fsp3) is 0.429. The molecule has 116 valence electrons. The Morgan fingerprint density at radius 2 is 2.36 bits per heavy atom. The van der Waals surface area contributed by atoms with E-state index in [1.165, 1.54) is 11.0 Å². The summed E-state index contributed by atoms with van der Waals surface area (Å²) >= 11 is 6.28. The summed E-state index contributed by atoms with van der Waals surface area (Å²) in [4.78, 5) is 14.5. The second-order valence-electron chi connectivity index (χ2n) is 5.38. The third-order valence-corrected chi connectivity index (χ3v) is 4.18. The number of likely N-dealkylation sites (tertiary alicyclic amines) is 1. The quantitative estimate of drug-likeness (QED) is 0.909. The van der Waals surface area contributed by atoms with Gasteiger partial charge in [-0.15, -0.1) is 5.10 Å². The summed E-state index contributed by atoms with van der Waals surface area (Å²) in [6.45, 7) is 2.47. The van der Waals surface area contributed by atoms with Gasteiger partial charge in [0.1, 0.15) is 6.33 Å². The van der Waals surface area contributed by atoms with Crippen molar-refractivity contribution in [3.8, 4) is 5.69 Å². The number of halogens is 1. The molecule has 1 saturated heterocycles. The Kier molecular flexibility index (Phi) is 4.35. The number of rotatable bonds is 4. The van der Waals surface area contributed by atoms with E-state index in [0.29, 0.717) is 16.5 Å². The van der Waals surface area contributed by atoms with Crippen molar-refractivity contribution in [3.05, 3.63) is 35.1 Å². The number of aromatic nitrogens is 4. The Bertz CT molecular complexity index is 659. The van der Waals surface area contributed by atoms with Crippen LogP contribution >= 0.6 is 11.6 Å². The SMILES string of the molecule is CNC[C@@H]1CCN(C(=O)c2ccc(-n3cnnn3)cc2Cl)C1. The smallest absolute Gasteiger partial charge is 0.255 e. The zero-order valence-corrected chi connectivity index (χ0v) is 13.0. The van der Waals surface area contributed by atoms with Gasteiger partial charge in [-0.05, 0) is 54.6 Å². The van der Waals surface area contributed by atoms with E-state index in [4.69, 9.17) is 11.6 Å². The predicted molar refractivity (Wildman–Crippen MR) is 82.1 cm³/mol. The van der Waals surface area contributed by atoms with E-state index < -0.39 is 0 Å². The average Bonchev–Trinajstić information content (AvgIpc) is 3.18. The molecule has 0 saturated carbocycles. The molecule has 22 heavy (non-hydrogen) atoms. The highest BCUT2D eigenvalue weighted by Gasteiger charge is 2.27. The number of carbonyl (C=O) groups is 1. The van der Waals surface area contributed by atoms with Crippen LogP contribution in [0.4, 0.5) is 0 Å². The minimum absolute atomic E-state index is 0.0214. The van der Waals surface area contributed by atoms with Crippen molar-refractivity contribution in [2.24, 2.45) is 5.92 Å². The topological polar surface area (TPSA) is 75.9 Å². The summed E-state index contributed by atoms with van der Waals surface area (Å²) in [5.41, 5.74) is 1.24. The molecule has 1 fully saturated rings. The van der Waals surface area contributed by atoms with Gasteiger partial charge in [-0.2, -0.15) is 0 Å². The standard InChI is InChI=1S/C14H17ClN6O/c1-16-7-10-4-5-20(8-10)14(22)12-3-2-11(6-13(12)15)21-9-17-18-19-21/h2-3,6,9-10,16H,4-5,7-8H2,1H3/t10-/m0/s1. The second-order valence-corrected chi connectivity index (χ2v) is 5.79. The van der Waals surface area contributed by atoms with Crippen LogP contribution in [0.2, 0.25) is 5.02 Å². The van der Waals surface area contributed by atoms with Crippen LogP contribution in [-0.4, -0.2) is 57.7 Å². The maximum atomic E-state index is 12.6. The molecule has 0 radical (unpaired) electrons. The van der Waals surface area contributed by atoms with E-state index >= 15 is 0 Å². The van der Waals surface area contributed by atoms with E-state index in [9.17, 15) is 4.79 Å². The molecule has 1 aliphatic heterocycles. The molecule has 0 unspecified atom stereocenters. The lowest BCUT2D eigenvalue weighted by molar-refractivity contribution is 0.0787. The van der Waals surface area contributed by atoms with Crippen molar-refractivity contribution in [2.45, 2.75) is 6.42 Å². The van der Waals surface area contributed by atoms with Gasteiger partial charge < -0.3 is 10.2 Å². The fourth-order valence-electron chi connectivity index (χ4n) is 2.74. The van der Waals surface area contributed by atoms with Crippen LogP contribution in [0, 0.1) is 5.92 Å². The molecular weight excluding hydrogens is 304 g/mol. The number of benzene rings is 1. The van der Waals surface area contributed by atoms with E-state index in [-0.39, 0.29) is 5.91 Å². The van der Waals surface area contributed by atoms with Crippen molar-refractivity contribution in [1.29, 1.82) is 0 Å². The Morgan fingerprint density at radius 1 is 1.50 bits per heavy atom. The summed E-state index contributed by atoms with van der Waals surface area (Å²) < 4.78 is 1.50. The molecule has 0 aliphatic carbocycles. The van der Waals surface area contributed by atoms with Crippen molar-refractivity contribution in [2.75, 3.05) is 26.7 Å². The number of tetrazole rings is 1. The Hall–Kier alpha value is -1.99. The number of hydrogen-bond donors (Lipinski definition) is 1. The van der Waals surface area contributed by atoms with Crippen LogP contribution in [0.1, 0.15) is 16.8 Å². The average molecular weight is 321 g/mol. The molecule has 7 nitrogen and oxygen atoms in total. The number of carbonyl (C=O) groups excluding carboxylic acids is 1. The van der Waals surface area contributed by atoms with Gasteiger partial charge in [0.05, 0.1) is 16.3 Å². The number of nitrogens with zero attached hydrogens (tertiary/aromatic N) is 5. The Balaban J connectivity index is 1.76. The first-order valence-electron chi connectivity index (χ1n) is 7.16. The summed E-state index contributed by atoms with van der Waals surface area (Å²) in [6.07, 6.45) is 2.50. The highest BCUT2D eigenvalue weighted by atomic mass is 35.5. The van der Waals surface area contributed by atoms with E-state index in [0.717, 1.165) is 31.7 Å². The van der Waals surface area contributed by atoms with Crippen molar-refractivity contribution in [1.82, 2.24) is 30.4 Å². The highest BCUT2D eigenvalue weighted by molar-refractivity contribution is 6.34. The van der Waals surface area contributed by atoms with Gasteiger partial charge in [0, 0.05) is 13.1 Å². The molecule has 0 spiro atoms.